The molecule has 0 N–H and O–H groups in total. The molecule has 0 bridgehead atoms. The molecule has 0 heterocycles. The zero-order valence-corrected chi connectivity index (χ0v) is 11.1. The van der Waals surface area contributed by atoms with Crippen LogP contribution in [0.2, 0.25) is 0 Å². The van der Waals surface area contributed by atoms with E-state index in [1.165, 1.54) is 12.8 Å². The van der Waals surface area contributed by atoms with Crippen molar-refractivity contribution < 1.29 is 40.9 Å². The van der Waals surface area contributed by atoms with E-state index in [1.807, 2.05) is 0 Å². The maximum atomic E-state index is 10.3. The number of unbranched alkanes of at least 4 members (excludes halogenated alkanes) is 2. The Kier molecular flexibility index (Phi) is 21.3. The van der Waals surface area contributed by atoms with Crippen molar-refractivity contribution in [3.63, 3.8) is 0 Å². The first-order valence-corrected chi connectivity index (χ1v) is 5.42. The van der Waals surface area contributed by atoms with Crippen molar-refractivity contribution in [2.24, 2.45) is 0 Å². The molecule has 0 atom stereocenters. The molecule has 16 heavy (non-hydrogen) atoms. The van der Waals surface area contributed by atoms with Crippen LogP contribution in [0.1, 0.15) is 46.5 Å². The summed E-state index contributed by atoms with van der Waals surface area (Å²) in [6.45, 7) is 4.07. The van der Waals surface area contributed by atoms with Gasteiger partial charge in [-0.25, -0.2) is 0 Å². The topological polar surface area (TPSA) is 97.3 Å². The zero-order valence-electron chi connectivity index (χ0n) is 9.78. The number of hydrogen-bond acceptors (Lipinski definition) is 5. The predicted octanol–water partition coefficient (Wildman–Crippen LogP) is -0.847. The van der Waals surface area contributed by atoms with Gasteiger partial charge in [0.1, 0.15) is 0 Å². The van der Waals surface area contributed by atoms with Crippen molar-refractivity contribution in [3.8, 4) is 0 Å². The van der Waals surface area contributed by atoms with Crippen LogP contribution in [0.4, 0.5) is 0 Å². The number of carboxylic acids is 2. The molecule has 0 radical (unpaired) electrons. The standard InChI is InChI=1S/C6H11O.2C2H4O2.Cr/c1-2-3-4-5-6-7;2*1-2(3)4;/h2-5H2,1H3;2*1H3,(H,3,4);/q;;;+2/p-2. The van der Waals surface area contributed by atoms with E-state index >= 15 is 0 Å². The van der Waals surface area contributed by atoms with Gasteiger partial charge in [-0.05, 0) is 13.8 Å². The van der Waals surface area contributed by atoms with E-state index in [2.05, 4.69) is 23.2 Å². The summed E-state index contributed by atoms with van der Waals surface area (Å²) in [5, 5.41) is 17.8. The van der Waals surface area contributed by atoms with E-state index in [4.69, 9.17) is 19.8 Å². The Hall–Kier alpha value is -0.858. The molecule has 0 aliphatic heterocycles. The minimum atomic E-state index is -1.08. The van der Waals surface area contributed by atoms with Crippen LogP contribution >= 0.6 is 0 Å². The summed E-state index contributed by atoms with van der Waals surface area (Å²) >= 11 is 2.46. The predicted molar refractivity (Wildman–Crippen MR) is 50.5 cm³/mol. The first-order chi connectivity index (χ1) is 7.23. The van der Waals surface area contributed by atoms with Crippen molar-refractivity contribution in [2.45, 2.75) is 46.5 Å². The van der Waals surface area contributed by atoms with Gasteiger partial charge in [-0.3, -0.25) is 0 Å². The quantitative estimate of drug-likeness (QED) is 0.619. The molecule has 93 valence electrons. The monoisotopic (exact) mass is 269 g/mol. The third-order valence-corrected chi connectivity index (χ3v) is 1.30. The van der Waals surface area contributed by atoms with Crippen molar-refractivity contribution in [3.05, 3.63) is 0 Å². The molecular formula is C10H17CrO5. The zero-order chi connectivity index (χ0) is 13.6. The molecule has 0 aliphatic rings. The molecule has 0 saturated carbocycles. The van der Waals surface area contributed by atoms with Gasteiger partial charge in [-0.15, -0.1) is 0 Å². The van der Waals surface area contributed by atoms with Gasteiger partial charge in [0.05, 0.1) is 0 Å². The third-order valence-electron chi connectivity index (χ3n) is 0.984. The van der Waals surface area contributed by atoms with Crippen molar-refractivity contribution in [2.75, 3.05) is 0 Å². The van der Waals surface area contributed by atoms with Crippen LogP contribution in [-0.2, 0) is 30.7 Å². The van der Waals surface area contributed by atoms with Crippen LogP contribution in [-0.4, -0.2) is 16.6 Å². The van der Waals surface area contributed by atoms with Gasteiger partial charge >= 0.3 is 58.3 Å². The Bertz CT molecular complexity index is 183. The van der Waals surface area contributed by atoms with Gasteiger partial charge in [-0.2, -0.15) is 0 Å². The first kappa shape index (κ1) is 20.5. The van der Waals surface area contributed by atoms with Crippen LogP contribution in [0.25, 0.3) is 0 Å². The summed E-state index contributed by atoms with van der Waals surface area (Å²) in [5.41, 5.74) is 0. The minimum absolute atomic E-state index is 0.193. The second-order valence-electron chi connectivity index (χ2n) is 2.81. The van der Waals surface area contributed by atoms with Crippen LogP contribution in [0.3, 0.4) is 0 Å². The van der Waals surface area contributed by atoms with Gasteiger partial charge in [-0.1, -0.05) is 0 Å². The molecule has 0 aliphatic carbocycles. The maximum absolute atomic E-state index is 10.3. The molecule has 0 aromatic heterocycles. The molecule has 0 amide bonds. The van der Waals surface area contributed by atoms with E-state index < -0.39 is 11.9 Å². The number of aliphatic carboxylic acids is 2. The van der Waals surface area contributed by atoms with E-state index in [0.29, 0.717) is 6.42 Å². The van der Waals surface area contributed by atoms with Crippen LogP contribution in [0.5, 0.6) is 0 Å². The van der Waals surface area contributed by atoms with E-state index in [1.54, 1.807) is 0 Å². The summed E-state index contributed by atoms with van der Waals surface area (Å²) in [4.78, 5) is 28.0. The summed E-state index contributed by atoms with van der Waals surface area (Å²) in [5.74, 6) is -2.17. The Balaban J connectivity index is -0.000000179. The molecular weight excluding hydrogens is 252 g/mol. The fraction of sp³-hybridized carbons (Fsp3) is 0.700. The van der Waals surface area contributed by atoms with Gasteiger partial charge in [0.25, 0.3) is 0 Å². The van der Waals surface area contributed by atoms with Crippen LogP contribution in [0.15, 0.2) is 0 Å². The molecule has 0 fully saturated rings. The summed E-state index contributed by atoms with van der Waals surface area (Å²) in [6, 6.07) is 0. The van der Waals surface area contributed by atoms with Gasteiger partial charge in [0.2, 0.25) is 0 Å². The molecule has 0 saturated heterocycles. The Morgan fingerprint density at radius 2 is 1.31 bits per heavy atom. The molecule has 0 unspecified atom stereocenters. The molecule has 5 nitrogen and oxygen atoms in total. The molecule has 6 heteroatoms. The van der Waals surface area contributed by atoms with Gasteiger partial charge < -0.3 is 19.8 Å². The van der Waals surface area contributed by atoms with E-state index in [0.717, 1.165) is 20.3 Å². The Labute approximate surface area is 104 Å². The average molecular weight is 269 g/mol. The third kappa shape index (κ3) is 113. The Morgan fingerprint density at radius 1 is 1.00 bits per heavy atom. The van der Waals surface area contributed by atoms with Crippen molar-refractivity contribution in [1.82, 2.24) is 0 Å². The number of carbonyl (C=O) groups is 3. The number of rotatable bonds is 4. The molecule has 0 spiro atoms. The Morgan fingerprint density at radius 3 is 1.50 bits per heavy atom. The molecule has 0 aromatic carbocycles. The van der Waals surface area contributed by atoms with Crippen LogP contribution < -0.4 is 10.2 Å². The van der Waals surface area contributed by atoms with Crippen molar-refractivity contribution >= 4 is 16.6 Å². The summed E-state index contributed by atoms with van der Waals surface area (Å²) < 4.78 is 0.193. The number of carbonyl (C=O) groups excluding carboxylic acids is 3. The second-order valence-corrected chi connectivity index (χ2v) is 3.52. The second kappa shape index (κ2) is 16.6. The first-order valence-electron chi connectivity index (χ1n) is 4.79. The number of hydrogen-bond donors (Lipinski definition) is 0. The van der Waals surface area contributed by atoms with E-state index in [9.17, 15) is 4.79 Å². The van der Waals surface area contributed by atoms with Crippen LogP contribution in [0, 0.1) is 0 Å². The van der Waals surface area contributed by atoms with Gasteiger partial charge in [0, 0.05) is 11.9 Å². The fourth-order valence-electron chi connectivity index (χ4n) is 0.519. The fourth-order valence-corrected chi connectivity index (χ4v) is 0.745. The SMILES string of the molecule is CC(=O)[O-].CC(=O)[O-].CCCCC[C](=O)[Cr+2]. The average Bonchev–Trinajstić information content (AvgIpc) is 2.01. The van der Waals surface area contributed by atoms with Gasteiger partial charge in [0.15, 0.2) is 0 Å². The summed E-state index contributed by atoms with van der Waals surface area (Å²) in [7, 11) is 0. The van der Waals surface area contributed by atoms with Crippen molar-refractivity contribution in [1.29, 1.82) is 0 Å². The molecule has 0 rings (SSSR count). The number of carboxylic acid groups (broad SMARTS) is 2. The normalized spacial score (nSPS) is 7.62. The van der Waals surface area contributed by atoms with E-state index in [-0.39, 0.29) is 4.65 Å². The molecule has 0 aromatic rings. The summed E-state index contributed by atoms with van der Waals surface area (Å²) in [6.07, 6.45) is 4.12.